The van der Waals surface area contributed by atoms with Crippen LogP contribution in [0.4, 0.5) is 22.0 Å². The zero-order valence-corrected chi connectivity index (χ0v) is 27.8. The highest BCUT2D eigenvalue weighted by Crippen LogP contribution is 2.43. The summed E-state index contributed by atoms with van der Waals surface area (Å²) in [5.74, 6) is -5.24. The zero-order chi connectivity index (χ0) is 35.0. The molecule has 0 radical (unpaired) electrons. The minimum Gasteiger partial charge on any atom is -0.493 e. The van der Waals surface area contributed by atoms with E-state index in [2.05, 4.69) is 0 Å². The van der Waals surface area contributed by atoms with Gasteiger partial charge in [0.15, 0.2) is 0 Å². The SMILES string of the molecule is CCc1c2c(nn1C)CCCN(CC(F)(F)C(F)F)CCn1c(C(=O)O)c(CCCOc3cccc4cc(F)ccc34)c3ccc(Cl)c-2c31. The Morgan fingerprint density at radius 1 is 1.08 bits per heavy atom. The normalized spacial score (nSPS) is 14.4. The van der Waals surface area contributed by atoms with Crippen LogP contribution in [0.5, 0.6) is 5.75 Å². The lowest BCUT2D eigenvalue weighted by molar-refractivity contribution is -0.142. The highest BCUT2D eigenvalue weighted by atomic mass is 35.5. The third-order valence-corrected chi connectivity index (χ3v) is 9.53. The number of benzene rings is 3. The summed E-state index contributed by atoms with van der Waals surface area (Å²) in [4.78, 5) is 14.3. The van der Waals surface area contributed by atoms with Gasteiger partial charge in [-0.15, -0.1) is 0 Å². The molecule has 3 aromatic carbocycles. The minimum absolute atomic E-state index is 0.0255. The van der Waals surface area contributed by atoms with Crippen LogP contribution in [0.25, 0.3) is 32.8 Å². The molecule has 13 heteroatoms. The van der Waals surface area contributed by atoms with Gasteiger partial charge in [0.2, 0.25) is 0 Å². The second-order valence-corrected chi connectivity index (χ2v) is 12.8. The Kier molecular flexibility index (Phi) is 9.90. The highest BCUT2D eigenvalue weighted by Gasteiger charge is 2.42. The molecule has 0 saturated carbocycles. The molecule has 1 aliphatic heterocycles. The number of rotatable bonds is 10. The molecule has 0 atom stereocenters. The Morgan fingerprint density at radius 3 is 2.59 bits per heavy atom. The van der Waals surface area contributed by atoms with Gasteiger partial charge in [0.05, 0.1) is 29.4 Å². The molecule has 49 heavy (non-hydrogen) atoms. The van der Waals surface area contributed by atoms with Crippen molar-refractivity contribution >= 4 is 39.2 Å². The molecule has 6 rings (SSSR count). The van der Waals surface area contributed by atoms with Crippen LogP contribution >= 0.6 is 11.6 Å². The molecule has 260 valence electrons. The third kappa shape index (κ3) is 6.72. The minimum atomic E-state index is -4.24. The van der Waals surface area contributed by atoms with Gasteiger partial charge >= 0.3 is 18.3 Å². The second kappa shape index (κ2) is 14.0. The van der Waals surface area contributed by atoms with Crippen LogP contribution in [0.3, 0.4) is 0 Å². The maximum absolute atomic E-state index is 14.3. The molecule has 5 aromatic rings. The number of nitrogens with zero attached hydrogens (tertiary/aromatic N) is 4. The summed E-state index contributed by atoms with van der Waals surface area (Å²) in [5.41, 5.74) is 3.95. The van der Waals surface area contributed by atoms with Crippen molar-refractivity contribution in [2.45, 2.75) is 57.9 Å². The lowest BCUT2D eigenvalue weighted by Gasteiger charge is -2.27. The first kappa shape index (κ1) is 34.7. The Morgan fingerprint density at radius 2 is 1.86 bits per heavy atom. The number of aromatic carboxylic acids is 1. The first-order valence-electron chi connectivity index (χ1n) is 16.2. The topological polar surface area (TPSA) is 72.5 Å². The number of alkyl halides is 4. The fraction of sp³-hybridized carbons (Fsp3) is 0.389. The van der Waals surface area contributed by atoms with Crippen LogP contribution in [0.2, 0.25) is 5.02 Å². The second-order valence-electron chi connectivity index (χ2n) is 12.4. The zero-order valence-electron chi connectivity index (χ0n) is 27.1. The average Bonchev–Trinajstić information content (AvgIpc) is 3.53. The number of ether oxygens (including phenoxy) is 1. The molecule has 1 N–H and O–H groups in total. The number of aromatic nitrogens is 3. The van der Waals surface area contributed by atoms with Crippen LogP contribution in [-0.4, -0.2) is 68.9 Å². The van der Waals surface area contributed by atoms with E-state index in [1.54, 1.807) is 52.7 Å². The summed E-state index contributed by atoms with van der Waals surface area (Å²) < 4.78 is 78.4. The van der Waals surface area contributed by atoms with Gasteiger partial charge in [0.1, 0.15) is 17.3 Å². The number of carboxylic acid groups (broad SMARTS) is 1. The van der Waals surface area contributed by atoms with E-state index in [1.807, 2.05) is 6.92 Å². The van der Waals surface area contributed by atoms with Crippen molar-refractivity contribution in [3.05, 3.63) is 82.0 Å². The molecule has 0 aliphatic carbocycles. The first-order chi connectivity index (χ1) is 23.4. The summed E-state index contributed by atoms with van der Waals surface area (Å²) in [6.07, 6.45) is -1.78. The Labute approximate surface area is 284 Å². The monoisotopic (exact) mass is 702 g/mol. The molecule has 7 nitrogen and oxygen atoms in total. The van der Waals surface area contributed by atoms with Crippen molar-refractivity contribution in [1.29, 1.82) is 0 Å². The van der Waals surface area contributed by atoms with Crippen LogP contribution in [0.1, 0.15) is 47.2 Å². The predicted octanol–water partition coefficient (Wildman–Crippen LogP) is 8.41. The fourth-order valence-electron chi connectivity index (χ4n) is 7.07. The van der Waals surface area contributed by atoms with Gasteiger partial charge < -0.3 is 14.4 Å². The Bertz CT molecular complexity index is 2030. The number of carboxylic acids is 1. The van der Waals surface area contributed by atoms with E-state index in [9.17, 15) is 31.9 Å². The van der Waals surface area contributed by atoms with Crippen molar-refractivity contribution in [2.75, 3.05) is 26.2 Å². The van der Waals surface area contributed by atoms with Gasteiger partial charge in [-0.25, -0.2) is 18.0 Å². The number of fused-ring (bicyclic) bond motifs is 3. The molecule has 3 heterocycles. The predicted molar refractivity (Wildman–Crippen MR) is 179 cm³/mol. The number of hydrogen-bond donors (Lipinski definition) is 1. The fourth-order valence-corrected chi connectivity index (χ4v) is 7.32. The van der Waals surface area contributed by atoms with Gasteiger partial charge in [-0.1, -0.05) is 36.7 Å². The average molecular weight is 703 g/mol. The van der Waals surface area contributed by atoms with Gasteiger partial charge in [-0.3, -0.25) is 9.58 Å². The standard InChI is InChI=1S/C36H36ClF5N4O3/c1-3-28-31-27(43-44(28)2)9-5-15-45(20-36(41,42)35(39)40)16-17-46-32-25(13-14-26(37)30(31)32)24(33(46)34(47)48)8-6-18-49-29-10-4-7-21-19-22(38)11-12-23(21)29/h4,7,10-14,19,35H,3,5-6,8-9,15-18,20H2,1-2H3,(H,47,48). The molecule has 0 unspecified atom stereocenters. The van der Waals surface area contributed by atoms with Crippen LogP contribution < -0.4 is 4.74 Å². The largest absolute Gasteiger partial charge is 0.493 e. The lowest BCUT2D eigenvalue weighted by atomic mass is 9.96. The Hall–Kier alpha value is -4.16. The number of hydrogen-bond acceptors (Lipinski definition) is 4. The molecule has 0 saturated heterocycles. The van der Waals surface area contributed by atoms with Crippen LogP contribution in [-0.2, 0) is 32.9 Å². The third-order valence-electron chi connectivity index (χ3n) is 9.22. The molecular weight excluding hydrogens is 667 g/mol. The van der Waals surface area contributed by atoms with Crippen LogP contribution in [0.15, 0.2) is 48.5 Å². The van der Waals surface area contributed by atoms with Gasteiger partial charge in [-0.2, -0.15) is 13.9 Å². The molecular formula is C36H36ClF5N4O3. The van der Waals surface area contributed by atoms with E-state index in [-0.39, 0.29) is 37.8 Å². The van der Waals surface area contributed by atoms with E-state index in [0.29, 0.717) is 76.0 Å². The Balaban J connectivity index is 1.44. The molecule has 0 amide bonds. The number of aryl methyl sites for hydroxylation is 3. The van der Waals surface area contributed by atoms with E-state index >= 15 is 0 Å². The van der Waals surface area contributed by atoms with Gasteiger partial charge in [-0.05, 0) is 79.9 Å². The summed E-state index contributed by atoms with van der Waals surface area (Å²) in [6.45, 7) is 0.984. The number of carbonyl (C=O) groups is 1. The van der Waals surface area contributed by atoms with E-state index < -0.39 is 24.9 Å². The summed E-state index contributed by atoms with van der Waals surface area (Å²) >= 11 is 6.95. The first-order valence-corrected chi connectivity index (χ1v) is 16.6. The summed E-state index contributed by atoms with van der Waals surface area (Å²) in [6, 6.07) is 13.3. The van der Waals surface area contributed by atoms with E-state index in [0.717, 1.165) is 16.6 Å². The van der Waals surface area contributed by atoms with E-state index in [4.69, 9.17) is 21.4 Å². The quantitative estimate of drug-likeness (QED) is 0.117. The van der Waals surface area contributed by atoms with E-state index in [1.165, 1.54) is 17.0 Å². The molecule has 0 fully saturated rings. The molecule has 0 bridgehead atoms. The maximum Gasteiger partial charge on any atom is 0.352 e. The summed E-state index contributed by atoms with van der Waals surface area (Å²) in [5, 5.41) is 17.8. The van der Waals surface area contributed by atoms with Crippen molar-refractivity contribution in [3.63, 3.8) is 0 Å². The smallest absolute Gasteiger partial charge is 0.352 e. The van der Waals surface area contributed by atoms with Gasteiger partial charge in [0.25, 0.3) is 0 Å². The van der Waals surface area contributed by atoms with Crippen molar-refractivity contribution < 1.29 is 36.6 Å². The molecule has 2 aromatic heterocycles. The van der Waals surface area contributed by atoms with Crippen molar-refractivity contribution in [1.82, 2.24) is 19.2 Å². The molecule has 0 spiro atoms. The lowest BCUT2D eigenvalue weighted by Crippen LogP contribution is -2.43. The van der Waals surface area contributed by atoms with Crippen molar-refractivity contribution in [3.8, 4) is 16.9 Å². The molecule has 1 aliphatic rings. The van der Waals surface area contributed by atoms with Gasteiger partial charge in [0, 0.05) is 47.7 Å². The highest BCUT2D eigenvalue weighted by molar-refractivity contribution is 6.35. The van der Waals surface area contributed by atoms with Crippen LogP contribution in [0, 0.1) is 5.82 Å². The number of halogens is 6. The maximum atomic E-state index is 14.3. The van der Waals surface area contributed by atoms with Crippen molar-refractivity contribution in [2.24, 2.45) is 7.05 Å². The summed E-state index contributed by atoms with van der Waals surface area (Å²) in [7, 11) is 1.81.